The summed E-state index contributed by atoms with van der Waals surface area (Å²) < 4.78 is 23.5. The van der Waals surface area contributed by atoms with Crippen LogP contribution in [-0.4, -0.2) is 67.1 Å². The van der Waals surface area contributed by atoms with Gasteiger partial charge >= 0.3 is 5.97 Å². The van der Waals surface area contributed by atoms with E-state index >= 15 is 0 Å². The molecule has 0 N–H and O–H groups in total. The maximum absolute atomic E-state index is 13.3. The van der Waals surface area contributed by atoms with Crippen molar-refractivity contribution >= 4 is 18.0 Å². The van der Waals surface area contributed by atoms with Gasteiger partial charge in [-0.3, -0.25) is 14.5 Å². The third-order valence-corrected chi connectivity index (χ3v) is 9.12. The summed E-state index contributed by atoms with van der Waals surface area (Å²) in [7, 11) is 3.48. The fourth-order valence-corrected chi connectivity index (χ4v) is 7.64. The van der Waals surface area contributed by atoms with Crippen molar-refractivity contribution in [2.75, 3.05) is 27.2 Å². The third-order valence-electron chi connectivity index (χ3n) is 9.12. The fourth-order valence-electron chi connectivity index (χ4n) is 7.64. The standard InChI is InChI=1S/C30H34N2O6/c1-5-12-32-13-11-30-21-7-8-22(31(3)26(34)9-6-19-10-14-36-17-19)29(30)38-28-25(35-4)16-24(37-18(2)33)20(27(28)30)15-23(21)32/h5-6,9-10,14,16-17,21-23,29H,1,7-8,11-13,15H2,2-4H3/b9-6+/t21-,22+,23+,29-,30-/m0/s1. The Bertz CT molecular complexity index is 1300. The minimum atomic E-state index is -0.359. The maximum Gasteiger partial charge on any atom is 0.308 e. The number of esters is 1. The van der Waals surface area contributed by atoms with Crippen molar-refractivity contribution < 1.29 is 28.2 Å². The number of methoxy groups -OCH3 is 1. The molecule has 8 nitrogen and oxygen atoms in total. The Kier molecular flexibility index (Phi) is 6.10. The van der Waals surface area contributed by atoms with Crippen LogP contribution in [0.2, 0.25) is 0 Å². The average Bonchev–Trinajstić information content (AvgIpc) is 3.54. The van der Waals surface area contributed by atoms with E-state index in [1.807, 2.05) is 24.1 Å². The number of hydrogen-bond acceptors (Lipinski definition) is 7. The van der Waals surface area contributed by atoms with E-state index in [4.69, 9.17) is 18.6 Å². The van der Waals surface area contributed by atoms with Crippen molar-refractivity contribution in [2.24, 2.45) is 5.92 Å². The zero-order valence-electron chi connectivity index (χ0n) is 22.1. The Morgan fingerprint density at radius 3 is 2.87 bits per heavy atom. The smallest absolute Gasteiger partial charge is 0.308 e. The Balaban J connectivity index is 1.44. The molecule has 2 aromatic rings. The number of carbonyl (C=O) groups excluding carboxylic acids is 2. The molecule has 8 heteroatoms. The number of nitrogens with zero attached hydrogens (tertiary/aromatic N) is 2. The second-order valence-electron chi connectivity index (χ2n) is 10.8. The minimum absolute atomic E-state index is 0.0742. The largest absolute Gasteiger partial charge is 0.493 e. The Hall–Kier alpha value is -3.52. The van der Waals surface area contributed by atoms with Gasteiger partial charge < -0.3 is 23.5 Å². The van der Waals surface area contributed by atoms with Crippen LogP contribution in [-0.2, 0) is 21.4 Å². The number of carbonyl (C=O) groups is 2. The molecule has 1 saturated heterocycles. The Labute approximate surface area is 222 Å². The van der Waals surface area contributed by atoms with Crippen LogP contribution in [0.4, 0.5) is 0 Å². The lowest BCUT2D eigenvalue weighted by atomic mass is 9.51. The summed E-state index contributed by atoms with van der Waals surface area (Å²) >= 11 is 0. The van der Waals surface area contributed by atoms with E-state index in [-0.39, 0.29) is 35.5 Å². The molecule has 1 amide bonds. The molecule has 2 fully saturated rings. The highest BCUT2D eigenvalue weighted by Gasteiger charge is 2.67. The summed E-state index contributed by atoms with van der Waals surface area (Å²) in [6, 6.07) is 3.77. The van der Waals surface area contributed by atoms with Gasteiger partial charge in [-0.05, 0) is 50.3 Å². The molecular weight excluding hydrogens is 484 g/mol. The first-order valence-corrected chi connectivity index (χ1v) is 13.3. The van der Waals surface area contributed by atoms with E-state index < -0.39 is 0 Å². The van der Waals surface area contributed by atoms with Gasteiger partial charge in [-0.15, -0.1) is 6.58 Å². The molecule has 38 heavy (non-hydrogen) atoms. The molecule has 6 rings (SSSR count). The minimum Gasteiger partial charge on any atom is -0.493 e. The number of ether oxygens (including phenoxy) is 3. The number of piperidine rings is 1. The highest BCUT2D eigenvalue weighted by molar-refractivity contribution is 5.92. The van der Waals surface area contributed by atoms with Crippen LogP contribution < -0.4 is 14.2 Å². The lowest BCUT2D eigenvalue weighted by molar-refractivity contribution is -0.135. The Morgan fingerprint density at radius 2 is 2.16 bits per heavy atom. The summed E-state index contributed by atoms with van der Waals surface area (Å²) in [5.41, 5.74) is 2.70. The maximum atomic E-state index is 13.3. The van der Waals surface area contributed by atoms with Crippen LogP contribution in [0.1, 0.15) is 42.9 Å². The predicted molar refractivity (Wildman–Crippen MR) is 141 cm³/mol. The Morgan fingerprint density at radius 1 is 1.32 bits per heavy atom. The number of likely N-dealkylation sites (tertiary alicyclic amines) is 1. The van der Waals surface area contributed by atoms with Crippen molar-refractivity contribution in [3.8, 4) is 17.2 Å². The SMILES string of the molecule is C=CCN1CC[C@]23c4c5c(OC(C)=O)cc(OC)c4O[C@H]2[C@H](N(C)C(=O)/C=C/c2ccoc2)CC[C@H]3[C@H]1C5. The summed E-state index contributed by atoms with van der Waals surface area (Å²) in [6.45, 7) is 7.14. The van der Waals surface area contributed by atoms with Crippen LogP contribution in [0.5, 0.6) is 17.2 Å². The first-order valence-electron chi connectivity index (χ1n) is 13.3. The van der Waals surface area contributed by atoms with Crippen LogP contribution in [0.25, 0.3) is 6.08 Å². The van der Waals surface area contributed by atoms with Gasteiger partial charge in [0.1, 0.15) is 11.9 Å². The molecule has 1 aromatic carbocycles. The number of amides is 1. The highest BCUT2D eigenvalue weighted by Crippen LogP contribution is 2.65. The van der Waals surface area contributed by atoms with Gasteiger partial charge in [-0.25, -0.2) is 0 Å². The molecule has 1 saturated carbocycles. The molecule has 0 radical (unpaired) electrons. The molecular formula is C30H34N2O6. The summed E-state index contributed by atoms with van der Waals surface area (Å²) in [5, 5.41) is 0. The topological polar surface area (TPSA) is 81.5 Å². The average molecular weight is 519 g/mol. The van der Waals surface area contributed by atoms with Crippen LogP contribution in [0, 0.1) is 5.92 Å². The normalized spacial score (nSPS) is 28.9. The van der Waals surface area contributed by atoms with Gasteiger partial charge in [0.2, 0.25) is 5.91 Å². The molecule has 2 bridgehead atoms. The molecule has 4 aliphatic rings. The number of rotatable bonds is 7. The predicted octanol–water partition coefficient (Wildman–Crippen LogP) is 3.98. The lowest BCUT2D eigenvalue weighted by Crippen LogP contribution is -2.68. The molecule has 1 aromatic heterocycles. The summed E-state index contributed by atoms with van der Waals surface area (Å²) in [5.74, 6) is 1.79. The van der Waals surface area contributed by atoms with Crippen molar-refractivity contribution in [1.82, 2.24) is 9.80 Å². The fraction of sp³-hybridized carbons (Fsp3) is 0.467. The van der Waals surface area contributed by atoms with Gasteiger partial charge in [0.15, 0.2) is 11.5 Å². The lowest BCUT2D eigenvalue weighted by Gasteiger charge is -2.60. The van der Waals surface area contributed by atoms with Gasteiger partial charge in [-0.2, -0.15) is 0 Å². The molecule has 200 valence electrons. The number of furan rings is 1. The summed E-state index contributed by atoms with van der Waals surface area (Å²) in [4.78, 5) is 29.7. The van der Waals surface area contributed by atoms with Crippen molar-refractivity contribution in [2.45, 2.75) is 56.2 Å². The third kappa shape index (κ3) is 3.61. The molecule has 2 aliphatic carbocycles. The molecule has 0 unspecified atom stereocenters. The van der Waals surface area contributed by atoms with Crippen LogP contribution in [0.3, 0.4) is 0 Å². The van der Waals surface area contributed by atoms with E-state index in [1.54, 1.807) is 37.9 Å². The van der Waals surface area contributed by atoms with Crippen molar-refractivity contribution in [1.29, 1.82) is 0 Å². The van der Waals surface area contributed by atoms with Gasteiger partial charge in [0.05, 0.1) is 25.7 Å². The molecule has 5 atom stereocenters. The molecule has 1 spiro atoms. The van der Waals surface area contributed by atoms with Crippen LogP contribution >= 0.6 is 0 Å². The zero-order valence-corrected chi connectivity index (χ0v) is 22.1. The quantitative estimate of drug-likeness (QED) is 0.237. The van der Waals surface area contributed by atoms with E-state index in [9.17, 15) is 9.59 Å². The number of benzene rings is 1. The van der Waals surface area contributed by atoms with Gasteiger partial charge in [0.25, 0.3) is 0 Å². The van der Waals surface area contributed by atoms with E-state index in [0.717, 1.165) is 61.2 Å². The van der Waals surface area contributed by atoms with E-state index in [1.165, 1.54) is 6.92 Å². The zero-order chi connectivity index (χ0) is 26.6. The number of likely N-dealkylation sites (N-methyl/N-ethyl adjacent to an activating group) is 1. The van der Waals surface area contributed by atoms with Crippen molar-refractivity contribution in [3.05, 3.63) is 60.1 Å². The van der Waals surface area contributed by atoms with Crippen LogP contribution in [0.15, 0.2) is 47.8 Å². The monoisotopic (exact) mass is 518 g/mol. The van der Waals surface area contributed by atoms with E-state index in [2.05, 4.69) is 11.5 Å². The second kappa shape index (κ2) is 9.34. The number of hydrogen-bond donors (Lipinski definition) is 0. The van der Waals surface area contributed by atoms with Gasteiger partial charge in [-0.1, -0.05) is 6.08 Å². The van der Waals surface area contributed by atoms with Crippen molar-refractivity contribution in [3.63, 3.8) is 0 Å². The first kappa shape index (κ1) is 24.8. The first-order chi connectivity index (χ1) is 18.4. The summed E-state index contributed by atoms with van der Waals surface area (Å²) in [6.07, 6.45) is 11.8. The molecule has 3 heterocycles. The molecule has 2 aliphatic heterocycles. The van der Waals surface area contributed by atoms with E-state index in [0.29, 0.717) is 17.4 Å². The highest BCUT2D eigenvalue weighted by atomic mass is 16.5. The second-order valence-corrected chi connectivity index (χ2v) is 10.8. The van der Waals surface area contributed by atoms with Gasteiger partial charge in [0, 0.05) is 60.8 Å².